The quantitative estimate of drug-likeness (QED) is 0.771. The van der Waals surface area contributed by atoms with Crippen molar-refractivity contribution in [2.24, 2.45) is 11.8 Å². The summed E-state index contributed by atoms with van der Waals surface area (Å²) in [6.07, 6.45) is 8.66. The van der Waals surface area contributed by atoms with E-state index in [1.54, 1.807) is 0 Å². The molecule has 92 valence electrons. The zero-order valence-corrected chi connectivity index (χ0v) is 10.6. The van der Waals surface area contributed by atoms with Crippen LogP contribution >= 0.6 is 0 Å². The summed E-state index contributed by atoms with van der Waals surface area (Å²) in [6.45, 7) is 6.50. The van der Waals surface area contributed by atoms with Gasteiger partial charge in [-0.3, -0.25) is 0 Å². The zero-order chi connectivity index (χ0) is 11.0. The van der Waals surface area contributed by atoms with Crippen molar-refractivity contribution in [2.45, 2.75) is 57.5 Å². The van der Waals surface area contributed by atoms with Gasteiger partial charge in [-0.05, 0) is 50.6 Å². The highest BCUT2D eigenvalue weighted by Gasteiger charge is 2.36. The SMILES string of the molecule is CC1CCCCC1NC1CN2CCC1CC2. The molecule has 3 saturated heterocycles. The number of nitrogens with zero attached hydrogens (tertiary/aromatic N) is 1. The van der Waals surface area contributed by atoms with Gasteiger partial charge >= 0.3 is 0 Å². The maximum Gasteiger partial charge on any atom is 0.0226 e. The Morgan fingerprint density at radius 3 is 2.31 bits per heavy atom. The molecule has 2 bridgehead atoms. The lowest BCUT2D eigenvalue weighted by atomic mass is 9.80. The molecule has 1 aliphatic carbocycles. The average molecular weight is 222 g/mol. The van der Waals surface area contributed by atoms with Gasteiger partial charge in [0.15, 0.2) is 0 Å². The van der Waals surface area contributed by atoms with E-state index < -0.39 is 0 Å². The van der Waals surface area contributed by atoms with Crippen LogP contribution in [-0.4, -0.2) is 36.6 Å². The molecule has 3 aliphatic heterocycles. The Labute approximate surface area is 99.8 Å². The van der Waals surface area contributed by atoms with Gasteiger partial charge in [-0.25, -0.2) is 0 Å². The van der Waals surface area contributed by atoms with Crippen molar-refractivity contribution < 1.29 is 0 Å². The van der Waals surface area contributed by atoms with E-state index in [1.807, 2.05) is 0 Å². The largest absolute Gasteiger partial charge is 0.309 e. The maximum absolute atomic E-state index is 4.00. The van der Waals surface area contributed by atoms with Gasteiger partial charge in [0.25, 0.3) is 0 Å². The first kappa shape index (κ1) is 11.0. The highest BCUT2D eigenvalue weighted by atomic mass is 15.2. The first-order chi connectivity index (χ1) is 7.83. The maximum atomic E-state index is 4.00. The molecular weight excluding hydrogens is 196 g/mol. The molecule has 0 aromatic rings. The lowest BCUT2D eigenvalue weighted by Gasteiger charge is -2.47. The molecule has 0 amide bonds. The molecule has 4 rings (SSSR count). The lowest BCUT2D eigenvalue weighted by Crippen LogP contribution is -2.59. The highest BCUT2D eigenvalue weighted by Crippen LogP contribution is 2.30. The normalized spacial score (nSPS) is 48.2. The molecule has 0 aromatic carbocycles. The van der Waals surface area contributed by atoms with Crippen LogP contribution in [0, 0.1) is 11.8 Å². The molecule has 2 heteroatoms. The summed E-state index contributed by atoms with van der Waals surface area (Å²) in [5.41, 5.74) is 0. The number of rotatable bonds is 2. The van der Waals surface area contributed by atoms with Gasteiger partial charge in [0.2, 0.25) is 0 Å². The Morgan fingerprint density at radius 2 is 1.69 bits per heavy atom. The van der Waals surface area contributed by atoms with Gasteiger partial charge in [0.05, 0.1) is 0 Å². The van der Waals surface area contributed by atoms with E-state index in [4.69, 9.17) is 0 Å². The smallest absolute Gasteiger partial charge is 0.0226 e. The average Bonchev–Trinajstić information content (AvgIpc) is 2.34. The summed E-state index contributed by atoms with van der Waals surface area (Å²) in [4.78, 5) is 2.66. The number of piperidine rings is 3. The van der Waals surface area contributed by atoms with Gasteiger partial charge in [-0.15, -0.1) is 0 Å². The van der Waals surface area contributed by atoms with E-state index in [-0.39, 0.29) is 0 Å². The fraction of sp³-hybridized carbons (Fsp3) is 1.00. The van der Waals surface area contributed by atoms with Crippen molar-refractivity contribution in [1.82, 2.24) is 10.2 Å². The summed E-state index contributed by atoms with van der Waals surface area (Å²) < 4.78 is 0. The second-order valence-electron chi connectivity index (χ2n) is 6.28. The molecule has 1 saturated carbocycles. The van der Waals surface area contributed by atoms with Gasteiger partial charge in [-0.1, -0.05) is 19.8 Å². The van der Waals surface area contributed by atoms with Crippen molar-refractivity contribution in [3.05, 3.63) is 0 Å². The number of hydrogen-bond donors (Lipinski definition) is 1. The topological polar surface area (TPSA) is 15.3 Å². The van der Waals surface area contributed by atoms with Crippen molar-refractivity contribution in [1.29, 1.82) is 0 Å². The van der Waals surface area contributed by atoms with Crippen LogP contribution in [0.1, 0.15) is 45.4 Å². The minimum absolute atomic E-state index is 0.813. The summed E-state index contributed by atoms with van der Waals surface area (Å²) in [6, 6.07) is 1.63. The minimum atomic E-state index is 0.813. The second kappa shape index (κ2) is 4.66. The van der Waals surface area contributed by atoms with E-state index in [9.17, 15) is 0 Å². The van der Waals surface area contributed by atoms with Gasteiger partial charge in [-0.2, -0.15) is 0 Å². The van der Waals surface area contributed by atoms with E-state index in [0.29, 0.717) is 0 Å². The van der Waals surface area contributed by atoms with Crippen LogP contribution < -0.4 is 5.32 Å². The fourth-order valence-corrected chi connectivity index (χ4v) is 3.99. The molecule has 16 heavy (non-hydrogen) atoms. The molecule has 1 N–H and O–H groups in total. The lowest BCUT2D eigenvalue weighted by molar-refractivity contribution is 0.0591. The van der Waals surface area contributed by atoms with E-state index in [2.05, 4.69) is 17.1 Å². The molecule has 0 spiro atoms. The molecule has 3 atom stereocenters. The number of nitrogens with one attached hydrogen (secondary N) is 1. The summed E-state index contributed by atoms with van der Waals surface area (Å²) in [7, 11) is 0. The van der Waals surface area contributed by atoms with Crippen LogP contribution in [-0.2, 0) is 0 Å². The van der Waals surface area contributed by atoms with Gasteiger partial charge < -0.3 is 10.2 Å². The summed E-state index contributed by atoms with van der Waals surface area (Å²) >= 11 is 0. The van der Waals surface area contributed by atoms with Crippen LogP contribution in [0.4, 0.5) is 0 Å². The van der Waals surface area contributed by atoms with Crippen LogP contribution in [0.3, 0.4) is 0 Å². The van der Waals surface area contributed by atoms with E-state index >= 15 is 0 Å². The molecular formula is C14H26N2. The van der Waals surface area contributed by atoms with Gasteiger partial charge in [0.1, 0.15) is 0 Å². The minimum Gasteiger partial charge on any atom is -0.309 e. The van der Waals surface area contributed by atoms with Gasteiger partial charge in [0, 0.05) is 18.6 Å². The molecule has 0 radical (unpaired) electrons. The Bertz CT molecular complexity index is 233. The number of fused-ring (bicyclic) bond motifs is 3. The standard InChI is InChI=1S/C14H26N2/c1-11-4-2-3-5-13(11)15-14-10-16-8-6-12(14)7-9-16/h11-15H,2-10H2,1H3. The van der Waals surface area contributed by atoms with Crippen LogP contribution in [0.25, 0.3) is 0 Å². The van der Waals surface area contributed by atoms with Crippen molar-refractivity contribution in [3.63, 3.8) is 0 Å². The Morgan fingerprint density at radius 1 is 0.938 bits per heavy atom. The fourth-order valence-electron chi connectivity index (χ4n) is 3.99. The van der Waals surface area contributed by atoms with Crippen molar-refractivity contribution in [3.8, 4) is 0 Å². The monoisotopic (exact) mass is 222 g/mol. The summed E-state index contributed by atoms with van der Waals surface area (Å²) in [5.74, 6) is 1.89. The zero-order valence-electron chi connectivity index (χ0n) is 10.6. The van der Waals surface area contributed by atoms with Crippen molar-refractivity contribution >= 4 is 0 Å². The Hall–Kier alpha value is -0.0800. The molecule has 0 aromatic heterocycles. The predicted molar refractivity (Wildman–Crippen MR) is 67.5 cm³/mol. The third-order valence-corrected chi connectivity index (χ3v) is 5.20. The molecule has 2 nitrogen and oxygen atoms in total. The first-order valence-electron chi connectivity index (χ1n) is 7.31. The van der Waals surface area contributed by atoms with Crippen LogP contribution in [0.2, 0.25) is 0 Å². The molecule has 3 heterocycles. The molecule has 4 aliphatic rings. The summed E-state index contributed by atoms with van der Waals surface area (Å²) in [5, 5.41) is 4.00. The third-order valence-electron chi connectivity index (χ3n) is 5.20. The third kappa shape index (κ3) is 2.14. The number of hydrogen-bond acceptors (Lipinski definition) is 2. The predicted octanol–water partition coefficient (Wildman–Crippen LogP) is 2.25. The van der Waals surface area contributed by atoms with Crippen molar-refractivity contribution in [2.75, 3.05) is 19.6 Å². The first-order valence-corrected chi connectivity index (χ1v) is 7.31. The van der Waals surface area contributed by atoms with Crippen LogP contribution in [0.15, 0.2) is 0 Å². The Kier molecular flexibility index (Phi) is 3.21. The highest BCUT2D eigenvalue weighted by molar-refractivity contribution is 4.93. The Balaban J connectivity index is 1.57. The van der Waals surface area contributed by atoms with E-state index in [1.165, 1.54) is 58.2 Å². The van der Waals surface area contributed by atoms with Crippen LogP contribution in [0.5, 0.6) is 0 Å². The van der Waals surface area contributed by atoms with E-state index in [0.717, 1.165) is 23.9 Å². The molecule has 4 fully saturated rings. The second-order valence-corrected chi connectivity index (χ2v) is 6.28. The molecule has 3 unspecified atom stereocenters.